The molecule has 1 aromatic heterocycles. The third-order valence-corrected chi connectivity index (χ3v) is 4.50. The fourth-order valence-corrected chi connectivity index (χ4v) is 2.92. The Labute approximate surface area is 170 Å². The number of Topliss-reactive ketones (excluding diaryl/α,β-unsaturated/α-hetero) is 1. The van der Waals surface area contributed by atoms with E-state index in [1.165, 1.54) is 5.56 Å². The number of nitrogens with zero attached hydrogens (tertiary/aromatic N) is 2. The molecule has 1 amide bonds. The summed E-state index contributed by atoms with van der Waals surface area (Å²) in [6.07, 6.45) is 5.81. The van der Waals surface area contributed by atoms with Crippen molar-refractivity contribution in [1.82, 2.24) is 14.9 Å². The Morgan fingerprint density at radius 2 is 1.72 bits per heavy atom. The van der Waals surface area contributed by atoms with E-state index in [0.29, 0.717) is 18.7 Å². The number of carbonyl (C=O) groups excluding carboxylic acids is 2. The predicted octanol–water partition coefficient (Wildman–Crippen LogP) is 3.61. The molecule has 3 aromatic rings. The summed E-state index contributed by atoms with van der Waals surface area (Å²) >= 11 is 0. The summed E-state index contributed by atoms with van der Waals surface area (Å²) in [6.45, 7) is 3.70. The van der Waals surface area contributed by atoms with Crippen molar-refractivity contribution in [3.8, 4) is 5.75 Å². The Balaban J connectivity index is 1.40. The Morgan fingerprint density at radius 1 is 1.00 bits per heavy atom. The van der Waals surface area contributed by atoms with Crippen molar-refractivity contribution in [1.29, 1.82) is 0 Å². The van der Waals surface area contributed by atoms with Gasteiger partial charge in [0.15, 0.2) is 5.78 Å². The predicted molar refractivity (Wildman–Crippen MR) is 111 cm³/mol. The molecule has 0 spiro atoms. The maximum Gasteiger partial charge on any atom is 0.220 e. The van der Waals surface area contributed by atoms with Gasteiger partial charge in [-0.05, 0) is 42.3 Å². The van der Waals surface area contributed by atoms with Crippen molar-refractivity contribution in [2.75, 3.05) is 6.61 Å². The highest BCUT2D eigenvalue weighted by molar-refractivity contribution is 5.98. The molecular formula is C23H25N3O3. The van der Waals surface area contributed by atoms with Crippen molar-refractivity contribution < 1.29 is 14.3 Å². The van der Waals surface area contributed by atoms with Crippen molar-refractivity contribution in [2.45, 2.75) is 32.9 Å². The zero-order valence-electron chi connectivity index (χ0n) is 16.5. The van der Waals surface area contributed by atoms with Crippen LogP contribution in [-0.4, -0.2) is 27.8 Å². The normalized spacial score (nSPS) is 10.5. The SMILES string of the molecule is CCOc1ccc(C(=O)CCC(=O)NCc2ccc(Cn3ccnc3)cc2)cc1. The first-order valence-electron chi connectivity index (χ1n) is 9.70. The first-order chi connectivity index (χ1) is 14.1. The van der Waals surface area contributed by atoms with Crippen LogP contribution in [0.5, 0.6) is 5.75 Å². The lowest BCUT2D eigenvalue weighted by atomic mass is 10.1. The van der Waals surface area contributed by atoms with E-state index in [-0.39, 0.29) is 24.5 Å². The van der Waals surface area contributed by atoms with Gasteiger partial charge >= 0.3 is 0 Å². The number of imidazole rings is 1. The smallest absolute Gasteiger partial charge is 0.220 e. The highest BCUT2D eigenvalue weighted by Crippen LogP contribution is 2.14. The number of rotatable bonds is 10. The van der Waals surface area contributed by atoms with Gasteiger partial charge in [-0.2, -0.15) is 0 Å². The lowest BCUT2D eigenvalue weighted by Gasteiger charge is -2.08. The molecule has 29 heavy (non-hydrogen) atoms. The van der Waals surface area contributed by atoms with Gasteiger partial charge < -0.3 is 14.6 Å². The maximum atomic E-state index is 12.2. The van der Waals surface area contributed by atoms with Crippen LogP contribution < -0.4 is 10.1 Å². The molecule has 1 heterocycles. The van der Waals surface area contributed by atoms with Gasteiger partial charge in [0.1, 0.15) is 5.75 Å². The lowest BCUT2D eigenvalue weighted by molar-refractivity contribution is -0.121. The van der Waals surface area contributed by atoms with Crippen molar-refractivity contribution in [2.24, 2.45) is 0 Å². The summed E-state index contributed by atoms with van der Waals surface area (Å²) in [5, 5.41) is 2.87. The quantitative estimate of drug-likeness (QED) is 0.536. The van der Waals surface area contributed by atoms with Crippen LogP contribution in [0.2, 0.25) is 0 Å². The van der Waals surface area contributed by atoms with Crippen LogP contribution in [-0.2, 0) is 17.9 Å². The van der Waals surface area contributed by atoms with E-state index in [4.69, 9.17) is 4.74 Å². The number of aromatic nitrogens is 2. The summed E-state index contributed by atoms with van der Waals surface area (Å²) in [5.74, 6) is 0.552. The van der Waals surface area contributed by atoms with Crippen LogP contribution in [0, 0.1) is 0 Å². The first kappa shape index (κ1) is 20.3. The van der Waals surface area contributed by atoms with Crippen LogP contribution in [0.15, 0.2) is 67.3 Å². The van der Waals surface area contributed by atoms with Gasteiger partial charge in [0, 0.05) is 43.9 Å². The number of benzene rings is 2. The number of ketones is 1. The van der Waals surface area contributed by atoms with Gasteiger partial charge in [0.25, 0.3) is 0 Å². The first-order valence-corrected chi connectivity index (χ1v) is 9.70. The van der Waals surface area contributed by atoms with Crippen LogP contribution in [0.3, 0.4) is 0 Å². The summed E-state index contributed by atoms with van der Waals surface area (Å²) in [7, 11) is 0. The number of nitrogens with one attached hydrogen (secondary N) is 1. The molecule has 0 atom stereocenters. The summed E-state index contributed by atoms with van der Waals surface area (Å²) in [6, 6.07) is 15.1. The molecule has 0 saturated heterocycles. The van der Waals surface area contributed by atoms with Gasteiger partial charge in [-0.3, -0.25) is 9.59 Å². The molecule has 6 nitrogen and oxygen atoms in total. The number of hydrogen-bond donors (Lipinski definition) is 1. The Morgan fingerprint density at radius 3 is 2.38 bits per heavy atom. The summed E-state index contributed by atoms with van der Waals surface area (Å²) < 4.78 is 7.36. The molecule has 0 aliphatic carbocycles. The van der Waals surface area contributed by atoms with Crippen molar-refractivity contribution >= 4 is 11.7 Å². The minimum atomic E-state index is -0.133. The molecule has 1 N–H and O–H groups in total. The van der Waals surface area contributed by atoms with Crippen LogP contribution in [0.4, 0.5) is 0 Å². The zero-order valence-corrected chi connectivity index (χ0v) is 16.5. The van der Waals surface area contributed by atoms with Crippen LogP contribution in [0.25, 0.3) is 0 Å². The monoisotopic (exact) mass is 391 g/mol. The number of ether oxygens (including phenoxy) is 1. The average Bonchev–Trinajstić information content (AvgIpc) is 3.25. The van der Waals surface area contributed by atoms with Crippen LogP contribution >= 0.6 is 0 Å². The standard InChI is InChI=1S/C23H25N3O3/c1-2-29-21-9-7-20(8-10-21)22(27)11-12-23(28)25-15-18-3-5-19(6-4-18)16-26-14-13-24-17-26/h3-10,13-14,17H,2,11-12,15-16H2,1H3,(H,25,28). The molecule has 0 fully saturated rings. The molecule has 0 unspecified atom stereocenters. The molecule has 2 aromatic carbocycles. The van der Waals surface area contributed by atoms with E-state index in [9.17, 15) is 9.59 Å². The minimum absolute atomic E-state index is 0.0490. The average molecular weight is 391 g/mol. The third-order valence-electron chi connectivity index (χ3n) is 4.50. The Bertz CT molecular complexity index is 917. The van der Waals surface area contributed by atoms with Gasteiger partial charge in [-0.25, -0.2) is 4.98 Å². The largest absolute Gasteiger partial charge is 0.494 e. The third kappa shape index (κ3) is 6.31. The van der Waals surface area contributed by atoms with Crippen molar-refractivity contribution in [3.63, 3.8) is 0 Å². The molecule has 3 rings (SSSR count). The van der Waals surface area contributed by atoms with E-state index < -0.39 is 0 Å². The second-order valence-corrected chi connectivity index (χ2v) is 6.71. The van der Waals surface area contributed by atoms with E-state index in [0.717, 1.165) is 17.9 Å². The topological polar surface area (TPSA) is 73.2 Å². The lowest BCUT2D eigenvalue weighted by Crippen LogP contribution is -2.23. The molecule has 6 heteroatoms. The Kier molecular flexibility index (Phi) is 7.16. The zero-order chi connectivity index (χ0) is 20.5. The van der Waals surface area contributed by atoms with Gasteiger partial charge in [-0.15, -0.1) is 0 Å². The van der Waals surface area contributed by atoms with E-state index in [2.05, 4.69) is 10.3 Å². The number of amides is 1. The Hall–Kier alpha value is -3.41. The second kappa shape index (κ2) is 10.2. The molecular weight excluding hydrogens is 366 g/mol. The molecule has 0 radical (unpaired) electrons. The molecule has 0 saturated carbocycles. The van der Waals surface area contributed by atoms with E-state index in [1.807, 2.05) is 42.0 Å². The number of carbonyl (C=O) groups is 2. The molecule has 150 valence electrons. The minimum Gasteiger partial charge on any atom is -0.494 e. The fraction of sp³-hybridized carbons (Fsp3) is 0.261. The molecule has 0 aliphatic heterocycles. The summed E-state index contributed by atoms with van der Waals surface area (Å²) in [5.41, 5.74) is 2.78. The molecule has 0 aliphatic rings. The van der Waals surface area contributed by atoms with Crippen molar-refractivity contribution in [3.05, 3.63) is 83.9 Å². The van der Waals surface area contributed by atoms with Gasteiger partial charge in [0.2, 0.25) is 5.91 Å². The highest BCUT2D eigenvalue weighted by atomic mass is 16.5. The van der Waals surface area contributed by atoms with Gasteiger partial charge in [-0.1, -0.05) is 24.3 Å². The fourth-order valence-electron chi connectivity index (χ4n) is 2.92. The maximum absolute atomic E-state index is 12.2. The molecule has 0 bridgehead atoms. The van der Waals surface area contributed by atoms with E-state index >= 15 is 0 Å². The summed E-state index contributed by atoms with van der Waals surface area (Å²) in [4.78, 5) is 28.3. The van der Waals surface area contributed by atoms with Crippen LogP contribution in [0.1, 0.15) is 41.3 Å². The second-order valence-electron chi connectivity index (χ2n) is 6.71. The van der Waals surface area contributed by atoms with Gasteiger partial charge in [0.05, 0.1) is 12.9 Å². The van der Waals surface area contributed by atoms with E-state index in [1.54, 1.807) is 36.8 Å². The highest BCUT2D eigenvalue weighted by Gasteiger charge is 2.09. The number of hydrogen-bond acceptors (Lipinski definition) is 4.